The average molecular weight is 480 g/mol. The van der Waals surface area contributed by atoms with Crippen molar-refractivity contribution in [3.05, 3.63) is 58.3 Å². The number of methoxy groups -OCH3 is 1. The molecule has 35 heavy (non-hydrogen) atoms. The lowest BCUT2D eigenvalue weighted by atomic mass is 9.94. The smallest absolute Gasteiger partial charge is 0.273 e. The Kier molecular flexibility index (Phi) is 7.31. The minimum absolute atomic E-state index is 0.157. The van der Waals surface area contributed by atoms with E-state index in [0.29, 0.717) is 54.8 Å². The fourth-order valence-electron chi connectivity index (χ4n) is 4.60. The SMILES string of the molecule is CCCOc1ccc(C2c3c(-c4cc(C)cc(C)c4O)n[nH]c3C(=O)N2CCOC)cc1OCC. The molecule has 0 fully saturated rings. The van der Waals surface area contributed by atoms with Crippen molar-refractivity contribution in [3.63, 3.8) is 0 Å². The lowest BCUT2D eigenvalue weighted by molar-refractivity contribution is 0.0677. The zero-order valence-electron chi connectivity index (χ0n) is 21.0. The Morgan fingerprint density at radius 2 is 1.89 bits per heavy atom. The van der Waals surface area contributed by atoms with Crippen LogP contribution < -0.4 is 9.47 Å². The fourth-order valence-corrected chi connectivity index (χ4v) is 4.60. The largest absolute Gasteiger partial charge is 0.507 e. The molecule has 0 bridgehead atoms. The van der Waals surface area contributed by atoms with Crippen LogP contribution in [0.15, 0.2) is 30.3 Å². The predicted molar refractivity (Wildman–Crippen MR) is 133 cm³/mol. The molecule has 0 spiro atoms. The van der Waals surface area contributed by atoms with E-state index in [9.17, 15) is 9.90 Å². The van der Waals surface area contributed by atoms with Crippen molar-refractivity contribution in [2.45, 2.75) is 40.2 Å². The monoisotopic (exact) mass is 479 g/mol. The molecule has 8 heteroatoms. The summed E-state index contributed by atoms with van der Waals surface area (Å²) in [5, 5.41) is 18.3. The third-order valence-electron chi connectivity index (χ3n) is 6.15. The van der Waals surface area contributed by atoms with E-state index in [1.54, 1.807) is 12.0 Å². The van der Waals surface area contributed by atoms with Crippen LogP contribution in [0.4, 0.5) is 0 Å². The van der Waals surface area contributed by atoms with Crippen molar-refractivity contribution in [3.8, 4) is 28.5 Å². The third-order valence-corrected chi connectivity index (χ3v) is 6.15. The highest BCUT2D eigenvalue weighted by Crippen LogP contribution is 2.46. The minimum Gasteiger partial charge on any atom is -0.507 e. The lowest BCUT2D eigenvalue weighted by Gasteiger charge is -2.27. The standard InChI is InChI=1S/C27H33N3O5/c1-6-11-35-20-9-8-18(15-21(20)34-7-2)25-22-23(19-14-16(3)13-17(4)26(19)31)28-29-24(22)27(32)30(25)10-12-33-5/h8-9,13-15,25,31H,6-7,10-12H2,1-5H3,(H,28,29). The van der Waals surface area contributed by atoms with Gasteiger partial charge < -0.3 is 24.2 Å². The van der Waals surface area contributed by atoms with E-state index in [-0.39, 0.29) is 11.7 Å². The summed E-state index contributed by atoms with van der Waals surface area (Å²) in [6.07, 6.45) is 0.885. The number of amides is 1. The number of hydrogen-bond acceptors (Lipinski definition) is 6. The van der Waals surface area contributed by atoms with Crippen LogP contribution in [-0.4, -0.2) is 59.6 Å². The van der Waals surface area contributed by atoms with Gasteiger partial charge in [0.25, 0.3) is 5.91 Å². The van der Waals surface area contributed by atoms with Gasteiger partial charge in [0.2, 0.25) is 0 Å². The summed E-state index contributed by atoms with van der Waals surface area (Å²) in [6, 6.07) is 9.16. The molecule has 1 unspecified atom stereocenters. The summed E-state index contributed by atoms with van der Waals surface area (Å²) in [7, 11) is 1.61. The highest BCUT2D eigenvalue weighted by Gasteiger charge is 2.42. The summed E-state index contributed by atoms with van der Waals surface area (Å²) in [5.74, 6) is 1.30. The number of nitrogens with zero attached hydrogens (tertiary/aromatic N) is 2. The normalized spacial score (nSPS) is 14.9. The molecule has 2 aromatic carbocycles. The number of aromatic nitrogens is 2. The molecule has 1 amide bonds. The molecule has 4 rings (SSSR count). The molecule has 2 N–H and O–H groups in total. The van der Waals surface area contributed by atoms with Crippen LogP contribution in [-0.2, 0) is 4.74 Å². The number of rotatable bonds is 10. The van der Waals surface area contributed by atoms with Gasteiger partial charge in [-0.25, -0.2) is 0 Å². The number of phenolic OH excluding ortho intramolecular Hbond substituents is 1. The Bertz CT molecular complexity index is 1220. The lowest BCUT2D eigenvalue weighted by Crippen LogP contribution is -2.32. The molecule has 3 aromatic rings. The van der Waals surface area contributed by atoms with Gasteiger partial charge in [0.15, 0.2) is 11.5 Å². The highest BCUT2D eigenvalue weighted by atomic mass is 16.5. The van der Waals surface area contributed by atoms with Crippen LogP contribution in [0.2, 0.25) is 0 Å². The molecule has 2 heterocycles. The summed E-state index contributed by atoms with van der Waals surface area (Å²) < 4.78 is 17.1. The van der Waals surface area contributed by atoms with Crippen LogP contribution in [0, 0.1) is 13.8 Å². The molecule has 8 nitrogen and oxygen atoms in total. The van der Waals surface area contributed by atoms with Crippen LogP contribution in [0.3, 0.4) is 0 Å². The molecule has 1 aliphatic rings. The zero-order chi connectivity index (χ0) is 25.1. The molecule has 186 valence electrons. The van der Waals surface area contributed by atoms with Gasteiger partial charge in [-0.15, -0.1) is 0 Å². The number of aryl methyl sites for hydroxylation is 2. The summed E-state index contributed by atoms with van der Waals surface area (Å²) >= 11 is 0. The van der Waals surface area contributed by atoms with Crippen molar-refractivity contribution in [1.82, 2.24) is 15.1 Å². The maximum atomic E-state index is 13.4. The zero-order valence-corrected chi connectivity index (χ0v) is 21.0. The van der Waals surface area contributed by atoms with E-state index < -0.39 is 6.04 Å². The van der Waals surface area contributed by atoms with Gasteiger partial charge in [0.05, 0.1) is 25.9 Å². The molecular weight excluding hydrogens is 446 g/mol. The first kappa shape index (κ1) is 24.6. The van der Waals surface area contributed by atoms with Crippen molar-refractivity contribution < 1.29 is 24.1 Å². The Hall–Kier alpha value is -3.52. The predicted octanol–water partition coefficient (Wildman–Crippen LogP) is 4.78. The molecule has 1 aromatic heterocycles. The molecule has 0 saturated carbocycles. The quantitative estimate of drug-likeness (QED) is 0.434. The first-order valence-electron chi connectivity index (χ1n) is 12.0. The number of fused-ring (bicyclic) bond motifs is 1. The molecule has 1 atom stereocenters. The van der Waals surface area contributed by atoms with E-state index in [1.807, 2.05) is 51.1 Å². The molecule has 0 radical (unpaired) electrons. The van der Waals surface area contributed by atoms with E-state index >= 15 is 0 Å². The van der Waals surface area contributed by atoms with E-state index in [2.05, 4.69) is 17.1 Å². The summed E-state index contributed by atoms with van der Waals surface area (Å²) in [6.45, 7) is 9.67. The van der Waals surface area contributed by atoms with Gasteiger partial charge in [0.1, 0.15) is 17.1 Å². The van der Waals surface area contributed by atoms with E-state index in [4.69, 9.17) is 14.2 Å². The van der Waals surface area contributed by atoms with E-state index in [0.717, 1.165) is 28.7 Å². The number of carbonyl (C=O) groups excluding carboxylic acids is 1. The second kappa shape index (κ2) is 10.4. The van der Waals surface area contributed by atoms with Crippen LogP contribution in [0.25, 0.3) is 11.3 Å². The number of aromatic hydroxyl groups is 1. The first-order chi connectivity index (χ1) is 16.9. The highest BCUT2D eigenvalue weighted by molar-refractivity contribution is 6.00. The Labute approximate surface area is 205 Å². The number of carbonyl (C=O) groups is 1. The van der Waals surface area contributed by atoms with Crippen LogP contribution in [0.1, 0.15) is 59.1 Å². The van der Waals surface area contributed by atoms with Gasteiger partial charge >= 0.3 is 0 Å². The average Bonchev–Trinajstić information content (AvgIpc) is 3.38. The maximum Gasteiger partial charge on any atom is 0.273 e. The maximum absolute atomic E-state index is 13.4. The third kappa shape index (κ3) is 4.58. The second-order valence-corrected chi connectivity index (χ2v) is 8.72. The number of nitrogens with one attached hydrogen (secondary N) is 1. The topological polar surface area (TPSA) is 96.9 Å². The minimum atomic E-state index is -0.430. The van der Waals surface area contributed by atoms with Crippen molar-refractivity contribution >= 4 is 5.91 Å². The number of hydrogen-bond donors (Lipinski definition) is 2. The molecule has 0 aliphatic carbocycles. The van der Waals surface area contributed by atoms with Gasteiger partial charge in [-0.05, 0) is 62.1 Å². The van der Waals surface area contributed by atoms with Gasteiger partial charge in [-0.1, -0.05) is 19.1 Å². The van der Waals surface area contributed by atoms with Crippen molar-refractivity contribution in [2.24, 2.45) is 0 Å². The van der Waals surface area contributed by atoms with Crippen molar-refractivity contribution in [1.29, 1.82) is 0 Å². The number of aromatic amines is 1. The summed E-state index contributed by atoms with van der Waals surface area (Å²) in [4.78, 5) is 15.2. The van der Waals surface area contributed by atoms with E-state index in [1.165, 1.54) is 0 Å². The number of benzene rings is 2. The molecular formula is C27H33N3O5. The number of H-pyrrole nitrogens is 1. The first-order valence-corrected chi connectivity index (χ1v) is 12.0. The van der Waals surface area contributed by atoms with Gasteiger partial charge in [-0.2, -0.15) is 5.10 Å². The number of ether oxygens (including phenoxy) is 3. The van der Waals surface area contributed by atoms with Crippen molar-refractivity contribution in [2.75, 3.05) is 33.5 Å². The van der Waals surface area contributed by atoms with Crippen LogP contribution in [0.5, 0.6) is 17.2 Å². The molecule has 1 aliphatic heterocycles. The fraction of sp³-hybridized carbons (Fsp3) is 0.407. The van der Waals surface area contributed by atoms with Crippen LogP contribution >= 0.6 is 0 Å². The number of phenols is 1. The Morgan fingerprint density at radius 1 is 1.09 bits per heavy atom. The van der Waals surface area contributed by atoms with Gasteiger partial charge in [0, 0.05) is 24.8 Å². The Balaban J connectivity index is 1.88. The van der Waals surface area contributed by atoms with Gasteiger partial charge in [-0.3, -0.25) is 9.89 Å². The Morgan fingerprint density at radius 3 is 2.60 bits per heavy atom. The second-order valence-electron chi connectivity index (χ2n) is 8.72. The molecule has 0 saturated heterocycles. The summed E-state index contributed by atoms with van der Waals surface area (Å²) in [5.41, 5.74) is 4.93.